The van der Waals surface area contributed by atoms with Gasteiger partial charge in [0.05, 0.1) is 24.1 Å². The maximum Gasteiger partial charge on any atom is 0.255 e. The van der Waals surface area contributed by atoms with E-state index in [1.54, 1.807) is 13.4 Å². The van der Waals surface area contributed by atoms with Crippen molar-refractivity contribution in [2.75, 3.05) is 7.11 Å². The van der Waals surface area contributed by atoms with E-state index in [9.17, 15) is 4.79 Å². The third-order valence-electron chi connectivity index (χ3n) is 3.06. The van der Waals surface area contributed by atoms with E-state index in [4.69, 9.17) is 9.15 Å². The van der Waals surface area contributed by atoms with Crippen molar-refractivity contribution < 1.29 is 13.9 Å². The molecule has 1 aliphatic heterocycles. The van der Waals surface area contributed by atoms with Crippen LogP contribution in [-0.2, 0) is 4.79 Å². The van der Waals surface area contributed by atoms with Gasteiger partial charge in [-0.25, -0.2) is 0 Å². The summed E-state index contributed by atoms with van der Waals surface area (Å²) in [5.41, 5.74) is 0. The average molecular weight is 302 g/mol. The Labute approximate surface area is 126 Å². The molecule has 0 saturated carbocycles. The highest BCUT2D eigenvalue weighted by Crippen LogP contribution is 2.36. The van der Waals surface area contributed by atoms with Crippen LogP contribution >= 0.6 is 11.8 Å². The molecule has 1 saturated heterocycles. The molecule has 0 aliphatic carbocycles. The molecule has 1 aromatic heterocycles. The largest absolute Gasteiger partial charge is 0.497 e. The van der Waals surface area contributed by atoms with Gasteiger partial charge in [-0.2, -0.15) is 0 Å². The van der Waals surface area contributed by atoms with E-state index in [-0.39, 0.29) is 5.91 Å². The monoisotopic (exact) mass is 302 g/mol. The zero-order valence-corrected chi connectivity index (χ0v) is 12.2. The number of carbonyl (C=O) groups excluding carboxylic acids is 1. The van der Waals surface area contributed by atoms with E-state index in [1.165, 1.54) is 11.8 Å². The predicted octanol–water partition coefficient (Wildman–Crippen LogP) is 2.67. The third-order valence-corrected chi connectivity index (χ3v) is 4.13. The van der Waals surface area contributed by atoms with Crippen LogP contribution in [0.2, 0.25) is 0 Å². The lowest BCUT2D eigenvalue weighted by Gasteiger charge is -2.08. The van der Waals surface area contributed by atoms with Crippen LogP contribution in [0.1, 0.15) is 11.8 Å². The molecule has 3 rings (SSSR count). The minimum absolute atomic E-state index is 0.161. The smallest absolute Gasteiger partial charge is 0.255 e. The Morgan fingerprint density at radius 3 is 2.67 bits per heavy atom. The molecule has 1 aliphatic rings. The Morgan fingerprint density at radius 1 is 1.29 bits per heavy atom. The van der Waals surface area contributed by atoms with Crippen molar-refractivity contribution in [2.24, 2.45) is 0 Å². The standard InChI is InChI=1S/C15H14N2O3S/c1-9-16-13(15(18)17-9)14-12(7-8-20-14)21-11-5-3-10(19-2)4-6-11/h3-8,13,16H,1H2,2H3,(H,17,18). The van der Waals surface area contributed by atoms with E-state index >= 15 is 0 Å². The first-order valence-corrected chi connectivity index (χ1v) is 7.14. The Balaban J connectivity index is 1.82. The molecule has 2 N–H and O–H groups in total. The average Bonchev–Trinajstić information content (AvgIpc) is 3.05. The second-order valence-electron chi connectivity index (χ2n) is 4.47. The van der Waals surface area contributed by atoms with Crippen LogP contribution in [0.4, 0.5) is 0 Å². The molecule has 2 heterocycles. The van der Waals surface area contributed by atoms with Gasteiger partial charge < -0.3 is 19.8 Å². The molecule has 0 bridgehead atoms. The number of carbonyl (C=O) groups is 1. The Bertz CT molecular complexity index is 678. The van der Waals surface area contributed by atoms with Gasteiger partial charge in [0.2, 0.25) is 0 Å². The third kappa shape index (κ3) is 2.75. The predicted molar refractivity (Wildman–Crippen MR) is 79.0 cm³/mol. The molecule has 1 amide bonds. The fraction of sp³-hybridized carbons (Fsp3) is 0.133. The zero-order chi connectivity index (χ0) is 14.8. The summed E-state index contributed by atoms with van der Waals surface area (Å²) in [6, 6.07) is 9.02. The van der Waals surface area contributed by atoms with Gasteiger partial charge in [-0.1, -0.05) is 18.3 Å². The highest BCUT2D eigenvalue weighted by molar-refractivity contribution is 7.99. The van der Waals surface area contributed by atoms with E-state index in [2.05, 4.69) is 17.2 Å². The highest BCUT2D eigenvalue weighted by atomic mass is 32.2. The van der Waals surface area contributed by atoms with Gasteiger partial charge in [-0.05, 0) is 30.3 Å². The Kier molecular flexibility index (Phi) is 3.62. The molecule has 1 fully saturated rings. The summed E-state index contributed by atoms with van der Waals surface area (Å²) in [4.78, 5) is 13.8. The van der Waals surface area contributed by atoms with Crippen molar-refractivity contribution in [2.45, 2.75) is 15.8 Å². The lowest BCUT2D eigenvalue weighted by Crippen LogP contribution is -2.19. The number of hydrogen-bond acceptors (Lipinski definition) is 5. The SMILES string of the molecule is C=C1NC(=O)C(c2occc2Sc2ccc(OC)cc2)N1. The fourth-order valence-corrected chi connectivity index (χ4v) is 2.97. The van der Waals surface area contributed by atoms with Gasteiger partial charge >= 0.3 is 0 Å². The molecule has 21 heavy (non-hydrogen) atoms. The molecular weight excluding hydrogens is 288 g/mol. The van der Waals surface area contributed by atoms with Crippen molar-refractivity contribution in [1.29, 1.82) is 0 Å². The number of rotatable bonds is 4. The Hall–Kier alpha value is -2.34. The van der Waals surface area contributed by atoms with E-state index in [0.29, 0.717) is 11.6 Å². The normalized spacial score (nSPS) is 17.5. The number of nitrogens with one attached hydrogen (secondary N) is 2. The molecule has 5 nitrogen and oxygen atoms in total. The molecule has 0 spiro atoms. The van der Waals surface area contributed by atoms with Gasteiger partial charge in [-0.3, -0.25) is 4.79 Å². The minimum atomic E-state index is -0.534. The van der Waals surface area contributed by atoms with Crippen molar-refractivity contribution >= 4 is 17.7 Å². The Morgan fingerprint density at radius 2 is 2.05 bits per heavy atom. The van der Waals surface area contributed by atoms with Gasteiger partial charge in [0, 0.05) is 4.90 Å². The van der Waals surface area contributed by atoms with Crippen LogP contribution in [0.5, 0.6) is 5.75 Å². The first kappa shape index (κ1) is 13.6. The second kappa shape index (κ2) is 5.57. The number of benzene rings is 1. The number of ether oxygens (including phenoxy) is 1. The number of amides is 1. The molecule has 2 aromatic rings. The molecule has 1 atom stereocenters. The minimum Gasteiger partial charge on any atom is -0.497 e. The summed E-state index contributed by atoms with van der Waals surface area (Å²) >= 11 is 1.53. The summed E-state index contributed by atoms with van der Waals surface area (Å²) in [6.45, 7) is 3.69. The summed E-state index contributed by atoms with van der Waals surface area (Å²) in [6.07, 6.45) is 1.58. The van der Waals surface area contributed by atoms with Crippen molar-refractivity contribution in [1.82, 2.24) is 10.6 Å². The van der Waals surface area contributed by atoms with Crippen LogP contribution < -0.4 is 15.4 Å². The van der Waals surface area contributed by atoms with Gasteiger partial charge in [0.15, 0.2) is 6.04 Å². The van der Waals surface area contributed by atoms with Crippen LogP contribution in [0.15, 0.2) is 63.2 Å². The molecule has 6 heteroatoms. The van der Waals surface area contributed by atoms with E-state index in [1.807, 2.05) is 30.3 Å². The van der Waals surface area contributed by atoms with Crippen LogP contribution in [0.25, 0.3) is 0 Å². The molecular formula is C15H14N2O3S. The van der Waals surface area contributed by atoms with Crippen LogP contribution in [0, 0.1) is 0 Å². The van der Waals surface area contributed by atoms with E-state index in [0.717, 1.165) is 15.5 Å². The summed E-state index contributed by atoms with van der Waals surface area (Å²) in [5, 5.41) is 5.60. The molecule has 1 unspecified atom stereocenters. The quantitative estimate of drug-likeness (QED) is 0.909. The number of methoxy groups -OCH3 is 1. The topological polar surface area (TPSA) is 63.5 Å². The van der Waals surface area contributed by atoms with Crippen molar-refractivity contribution in [3.05, 3.63) is 54.8 Å². The number of hydrogen-bond donors (Lipinski definition) is 2. The van der Waals surface area contributed by atoms with Crippen molar-refractivity contribution in [3.63, 3.8) is 0 Å². The first-order chi connectivity index (χ1) is 10.2. The van der Waals surface area contributed by atoms with Crippen LogP contribution in [0.3, 0.4) is 0 Å². The van der Waals surface area contributed by atoms with E-state index < -0.39 is 6.04 Å². The summed E-state index contributed by atoms with van der Waals surface area (Å²) in [5.74, 6) is 1.72. The lowest BCUT2D eigenvalue weighted by atomic mass is 10.2. The zero-order valence-electron chi connectivity index (χ0n) is 11.4. The number of furan rings is 1. The molecule has 108 valence electrons. The fourth-order valence-electron chi connectivity index (χ4n) is 2.06. The summed E-state index contributed by atoms with van der Waals surface area (Å²) < 4.78 is 10.6. The van der Waals surface area contributed by atoms with Gasteiger partial charge in [-0.15, -0.1) is 0 Å². The van der Waals surface area contributed by atoms with Crippen molar-refractivity contribution in [3.8, 4) is 5.75 Å². The molecule has 1 aromatic carbocycles. The first-order valence-electron chi connectivity index (χ1n) is 6.33. The van der Waals surface area contributed by atoms with Gasteiger partial charge in [0.1, 0.15) is 11.5 Å². The molecule has 0 radical (unpaired) electrons. The van der Waals surface area contributed by atoms with Gasteiger partial charge in [0.25, 0.3) is 5.91 Å². The maximum atomic E-state index is 11.9. The lowest BCUT2D eigenvalue weighted by molar-refractivity contribution is -0.120. The van der Waals surface area contributed by atoms with Crippen LogP contribution in [-0.4, -0.2) is 13.0 Å². The highest BCUT2D eigenvalue weighted by Gasteiger charge is 2.32. The second-order valence-corrected chi connectivity index (χ2v) is 5.59. The maximum absolute atomic E-state index is 11.9. The summed E-state index contributed by atoms with van der Waals surface area (Å²) in [7, 11) is 1.63.